The third kappa shape index (κ3) is 5.02. The van der Waals surface area contributed by atoms with Crippen molar-refractivity contribution in [3.05, 3.63) is 70.9 Å². The van der Waals surface area contributed by atoms with Crippen molar-refractivity contribution >= 4 is 40.7 Å². The van der Waals surface area contributed by atoms with E-state index in [2.05, 4.69) is 5.10 Å². The van der Waals surface area contributed by atoms with Crippen LogP contribution >= 0.6 is 23.4 Å². The Morgan fingerprint density at radius 2 is 1.94 bits per heavy atom. The maximum absolute atomic E-state index is 12.6. The molecule has 4 rings (SSSR count). The van der Waals surface area contributed by atoms with Gasteiger partial charge in [0.05, 0.1) is 22.8 Å². The minimum absolute atomic E-state index is 0.0691. The zero-order valence-electron chi connectivity index (χ0n) is 17.4. The van der Waals surface area contributed by atoms with Crippen molar-refractivity contribution in [1.29, 1.82) is 0 Å². The summed E-state index contributed by atoms with van der Waals surface area (Å²) in [6.07, 6.45) is 2.27. The van der Waals surface area contributed by atoms with Gasteiger partial charge in [-0.15, -0.1) is 0 Å². The molecule has 1 aliphatic rings. The van der Waals surface area contributed by atoms with Crippen LogP contribution in [-0.4, -0.2) is 33.8 Å². The van der Waals surface area contributed by atoms with Crippen molar-refractivity contribution in [2.24, 2.45) is 0 Å². The summed E-state index contributed by atoms with van der Waals surface area (Å²) in [7, 11) is 0. The molecule has 2 aromatic carbocycles. The molecule has 160 valence electrons. The number of para-hydroxylation sites is 1. The average Bonchev–Trinajstić information content (AvgIpc) is 3.11. The first kappa shape index (κ1) is 21.7. The van der Waals surface area contributed by atoms with Crippen molar-refractivity contribution in [1.82, 2.24) is 9.78 Å². The molecule has 5 nitrogen and oxygen atoms in total. The van der Waals surface area contributed by atoms with E-state index in [1.807, 2.05) is 66.2 Å². The summed E-state index contributed by atoms with van der Waals surface area (Å²) >= 11 is 7.53. The van der Waals surface area contributed by atoms with Crippen LogP contribution < -0.4 is 4.90 Å². The number of rotatable bonds is 8. The van der Waals surface area contributed by atoms with Crippen LogP contribution in [0.5, 0.6) is 0 Å². The minimum atomic E-state index is 0.0691. The van der Waals surface area contributed by atoms with Gasteiger partial charge in [0.25, 0.3) is 0 Å². The molecule has 7 heteroatoms. The van der Waals surface area contributed by atoms with E-state index in [4.69, 9.17) is 11.6 Å². The van der Waals surface area contributed by atoms with Crippen molar-refractivity contribution in [3.8, 4) is 5.69 Å². The predicted octanol–water partition coefficient (Wildman–Crippen LogP) is 5.25. The van der Waals surface area contributed by atoms with Crippen molar-refractivity contribution < 1.29 is 9.59 Å². The Morgan fingerprint density at radius 3 is 2.71 bits per heavy atom. The number of anilines is 1. The van der Waals surface area contributed by atoms with Gasteiger partial charge in [-0.3, -0.25) is 9.59 Å². The largest absolute Gasteiger partial charge is 0.308 e. The van der Waals surface area contributed by atoms with Crippen molar-refractivity contribution in [2.45, 2.75) is 37.6 Å². The fourth-order valence-electron chi connectivity index (χ4n) is 3.79. The van der Waals surface area contributed by atoms with Crippen LogP contribution in [-0.2, 0) is 16.0 Å². The zero-order chi connectivity index (χ0) is 21.8. The molecule has 0 atom stereocenters. The van der Waals surface area contributed by atoms with Crippen LogP contribution in [0, 0.1) is 6.92 Å². The number of hydrogen-bond donors (Lipinski definition) is 0. The van der Waals surface area contributed by atoms with E-state index in [0.717, 1.165) is 27.7 Å². The lowest BCUT2D eigenvalue weighted by Gasteiger charge is -2.27. The maximum Gasteiger partial charge on any atom is 0.237 e. The summed E-state index contributed by atoms with van der Waals surface area (Å²) < 4.78 is 1.91. The molecule has 0 saturated carbocycles. The number of ketones is 1. The number of halogens is 1. The van der Waals surface area contributed by atoms with E-state index >= 15 is 0 Å². The number of fused-ring (bicyclic) bond motifs is 1. The monoisotopic (exact) mass is 453 g/mol. The number of carbonyl (C=O) groups is 2. The summed E-state index contributed by atoms with van der Waals surface area (Å²) in [6.45, 7) is 2.46. The Balaban J connectivity index is 1.39. The van der Waals surface area contributed by atoms with E-state index in [1.165, 1.54) is 11.8 Å². The first-order valence-electron chi connectivity index (χ1n) is 10.4. The van der Waals surface area contributed by atoms with Crippen molar-refractivity contribution in [2.75, 3.05) is 17.2 Å². The third-order valence-corrected chi connectivity index (χ3v) is 6.58. The Bertz CT molecular complexity index is 1100. The molecule has 0 saturated heterocycles. The third-order valence-electron chi connectivity index (χ3n) is 5.31. The normalized spacial score (nSPS) is 13.4. The van der Waals surface area contributed by atoms with E-state index < -0.39 is 0 Å². The minimum Gasteiger partial charge on any atom is -0.308 e. The Hall–Kier alpha value is -2.57. The lowest BCUT2D eigenvalue weighted by molar-refractivity contribution is -0.119. The Kier molecular flexibility index (Phi) is 6.78. The molecule has 0 aliphatic carbocycles. The van der Waals surface area contributed by atoms with Gasteiger partial charge in [-0.1, -0.05) is 53.7 Å². The van der Waals surface area contributed by atoms with Gasteiger partial charge in [-0.05, 0) is 49.6 Å². The summed E-state index contributed by atoms with van der Waals surface area (Å²) in [5, 5.41) is 6.36. The van der Waals surface area contributed by atoms with E-state index in [-0.39, 0.29) is 11.7 Å². The highest BCUT2D eigenvalue weighted by atomic mass is 35.5. The van der Waals surface area contributed by atoms with Crippen LogP contribution in [0.25, 0.3) is 5.69 Å². The Labute approximate surface area is 191 Å². The van der Waals surface area contributed by atoms with Gasteiger partial charge in [0.2, 0.25) is 5.91 Å². The summed E-state index contributed by atoms with van der Waals surface area (Å²) in [6, 6.07) is 17.5. The predicted molar refractivity (Wildman–Crippen MR) is 125 cm³/mol. The van der Waals surface area contributed by atoms with Crippen LogP contribution in [0.15, 0.2) is 59.6 Å². The molecule has 0 radical (unpaired) electrons. The van der Waals surface area contributed by atoms with Gasteiger partial charge in [0.1, 0.15) is 10.8 Å². The molecule has 0 N–H and O–H groups in total. The molecule has 2 heterocycles. The smallest absolute Gasteiger partial charge is 0.237 e. The number of aromatic nitrogens is 2. The van der Waals surface area contributed by atoms with Gasteiger partial charge in [-0.2, -0.15) is 5.10 Å². The average molecular weight is 454 g/mol. The van der Waals surface area contributed by atoms with Crippen LogP contribution in [0.4, 0.5) is 5.69 Å². The molecule has 31 heavy (non-hydrogen) atoms. The summed E-state index contributed by atoms with van der Waals surface area (Å²) in [5.41, 5.74) is 3.74. The molecule has 1 aromatic heterocycles. The second-order valence-electron chi connectivity index (χ2n) is 7.59. The molecule has 0 bridgehead atoms. The number of carbonyl (C=O) groups excluding carboxylic acids is 2. The van der Waals surface area contributed by atoms with Gasteiger partial charge >= 0.3 is 0 Å². The topological polar surface area (TPSA) is 55.2 Å². The second-order valence-corrected chi connectivity index (χ2v) is 8.99. The molecule has 3 aromatic rings. The second kappa shape index (κ2) is 9.71. The first-order chi connectivity index (χ1) is 15.0. The molecule has 0 fully saturated rings. The fourth-order valence-corrected chi connectivity index (χ4v) is 5.08. The SMILES string of the molecule is Cc1nn(-c2ccccc2)c2c1N(CCCC(=O)CCc1cccc(Cl)c1)C(=O)CS2. The summed E-state index contributed by atoms with van der Waals surface area (Å²) in [5.74, 6) is 0.656. The lowest BCUT2D eigenvalue weighted by Crippen LogP contribution is -2.36. The molecule has 0 spiro atoms. The lowest BCUT2D eigenvalue weighted by atomic mass is 10.0. The maximum atomic E-state index is 12.6. The van der Waals surface area contributed by atoms with Crippen molar-refractivity contribution in [3.63, 3.8) is 0 Å². The zero-order valence-corrected chi connectivity index (χ0v) is 19.0. The van der Waals surface area contributed by atoms with Gasteiger partial charge in [0.15, 0.2) is 0 Å². The van der Waals surface area contributed by atoms with Crippen LogP contribution in [0.1, 0.15) is 30.5 Å². The molecule has 0 unspecified atom stereocenters. The number of hydrogen-bond acceptors (Lipinski definition) is 4. The number of nitrogens with zero attached hydrogens (tertiary/aromatic N) is 3. The molecular weight excluding hydrogens is 430 g/mol. The number of thioether (sulfide) groups is 1. The first-order valence-corrected chi connectivity index (χ1v) is 11.7. The van der Waals surface area contributed by atoms with Gasteiger partial charge < -0.3 is 4.90 Å². The number of benzene rings is 2. The highest BCUT2D eigenvalue weighted by Gasteiger charge is 2.31. The summed E-state index contributed by atoms with van der Waals surface area (Å²) in [4.78, 5) is 26.8. The highest BCUT2D eigenvalue weighted by Crippen LogP contribution is 2.39. The van der Waals surface area contributed by atoms with Gasteiger partial charge in [0, 0.05) is 24.4 Å². The number of amides is 1. The van der Waals surface area contributed by atoms with Crippen LogP contribution in [0.2, 0.25) is 5.02 Å². The molecule has 1 amide bonds. The highest BCUT2D eigenvalue weighted by molar-refractivity contribution is 8.00. The fraction of sp³-hybridized carbons (Fsp3) is 0.292. The molecular formula is C24H24ClN3O2S. The number of aryl methyl sites for hydroxylation is 2. The molecule has 1 aliphatic heterocycles. The quantitative estimate of drug-likeness (QED) is 0.467. The number of Topliss-reactive ketones (excluding diaryl/α,β-unsaturated/α-hetero) is 1. The van der Waals surface area contributed by atoms with Gasteiger partial charge in [-0.25, -0.2) is 4.68 Å². The Morgan fingerprint density at radius 1 is 1.13 bits per heavy atom. The van der Waals surface area contributed by atoms with E-state index in [9.17, 15) is 9.59 Å². The van der Waals surface area contributed by atoms with Crippen LogP contribution in [0.3, 0.4) is 0 Å². The van der Waals surface area contributed by atoms with E-state index in [0.29, 0.717) is 43.0 Å². The standard InChI is InChI=1S/C24H24ClN3O2S/c1-17-23-24(28(26-17)20-9-3-2-4-10-20)31-16-22(30)27(23)14-6-11-21(29)13-12-18-7-5-8-19(25)15-18/h2-5,7-10,15H,6,11-14,16H2,1H3. The van der Waals surface area contributed by atoms with E-state index in [1.54, 1.807) is 4.90 Å².